The second kappa shape index (κ2) is 4.80. The zero-order chi connectivity index (χ0) is 11.5. The van der Waals surface area contributed by atoms with E-state index in [1.54, 1.807) is 0 Å². The van der Waals surface area contributed by atoms with E-state index in [0.29, 0.717) is 0 Å². The molecule has 0 spiro atoms. The number of hydrogen-bond acceptors (Lipinski definition) is 4. The number of hydroxylamine groups is 2. The lowest BCUT2D eigenvalue weighted by Crippen LogP contribution is -2.30. The maximum absolute atomic E-state index is 5.99. The normalized spacial score (nSPS) is 17.6. The molecule has 0 bridgehead atoms. The van der Waals surface area contributed by atoms with E-state index in [0.717, 1.165) is 48.6 Å². The molecule has 0 aliphatic carbocycles. The van der Waals surface area contributed by atoms with E-state index in [-0.39, 0.29) is 0 Å². The second-order valence-electron chi connectivity index (χ2n) is 4.33. The Hall–Kier alpha value is -1.13. The van der Waals surface area contributed by atoms with Crippen LogP contribution in [0.15, 0.2) is 6.20 Å². The molecule has 16 heavy (non-hydrogen) atoms. The summed E-state index contributed by atoms with van der Waals surface area (Å²) in [4.78, 5) is 9.99. The monoisotopic (exact) mass is 221 g/mol. The van der Waals surface area contributed by atoms with Crippen molar-refractivity contribution in [2.24, 2.45) is 0 Å². The Bertz CT molecular complexity index is 373. The molecule has 88 valence electrons. The van der Waals surface area contributed by atoms with Gasteiger partial charge in [0.25, 0.3) is 0 Å². The van der Waals surface area contributed by atoms with Gasteiger partial charge in [-0.2, -0.15) is 5.06 Å². The van der Waals surface area contributed by atoms with Crippen molar-refractivity contribution in [2.45, 2.75) is 33.2 Å². The molecule has 2 N–H and O–H groups in total. The lowest BCUT2D eigenvalue weighted by Gasteiger charge is -2.26. The molecule has 1 aliphatic rings. The van der Waals surface area contributed by atoms with E-state index in [2.05, 4.69) is 4.98 Å². The number of aromatic nitrogens is 1. The van der Waals surface area contributed by atoms with Gasteiger partial charge in [0.05, 0.1) is 18.8 Å². The van der Waals surface area contributed by atoms with Crippen molar-refractivity contribution < 1.29 is 4.84 Å². The highest BCUT2D eigenvalue weighted by Gasteiger charge is 2.14. The van der Waals surface area contributed by atoms with Crippen LogP contribution in [0.2, 0.25) is 0 Å². The molecule has 2 rings (SSSR count). The van der Waals surface area contributed by atoms with Crippen molar-refractivity contribution in [3.05, 3.63) is 23.0 Å². The van der Waals surface area contributed by atoms with Gasteiger partial charge >= 0.3 is 0 Å². The van der Waals surface area contributed by atoms with Gasteiger partial charge in [-0.1, -0.05) is 0 Å². The smallest absolute Gasteiger partial charge is 0.0685 e. The minimum Gasteiger partial charge on any atom is -0.398 e. The van der Waals surface area contributed by atoms with Gasteiger partial charge in [0.15, 0.2) is 0 Å². The number of nitrogens with zero attached hydrogens (tertiary/aromatic N) is 2. The molecule has 1 saturated heterocycles. The van der Waals surface area contributed by atoms with Crippen molar-refractivity contribution in [1.29, 1.82) is 0 Å². The predicted octanol–water partition coefficient (Wildman–Crippen LogP) is 1.81. The quantitative estimate of drug-likeness (QED) is 0.827. The molecule has 1 fully saturated rings. The van der Waals surface area contributed by atoms with Gasteiger partial charge in [-0.3, -0.25) is 9.82 Å². The largest absolute Gasteiger partial charge is 0.398 e. The lowest BCUT2D eigenvalue weighted by atomic mass is 10.1. The maximum atomic E-state index is 5.99. The number of nitrogens with two attached hydrogens (primary N) is 1. The van der Waals surface area contributed by atoms with Gasteiger partial charge in [-0.05, 0) is 37.8 Å². The number of nitrogen functional groups attached to an aromatic ring is 1. The molecule has 0 radical (unpaired) electrons. The summed E-state index contributed by atoms with van der Waals surface area (Å²) in [5.41, 5.74) is 9.98. The number of anilines is 1. The molecule has 1 aromatic heterocycles. The highest BCUT2D eigenvalue weighted by Crippen LogP contribution is 2.20. The zero-order valence-electron chi connectivity index (χ0n) is 9.99. The van der Waals surface area contributed by atoms with Gasteiger partial charge in [0.1, 0.15) is 0 Å². The average Bonchev–Trinajstić information content (AvgIpc) is 2.31. The predicted molar refractivity (Wildman–Crippen MR) is 63.7 cm³/mol. The van der Waals surface area contributed by atoms with Crippen molar-refractivity contribution in [3.63, 3.8) is 0 Å². The number of pyridine rings is 1. The number of hydrogen-bond donors (Lipinski definition) is 1. The fourth-order valence-electron chi connectivity index (χ4n) is 1.89. The summed E-state index contributed by atoms with van der Waals surface area (Å²) in [6, 6.07) is 0. The Labute approximate surface area is 96.4 Å². The molecule has 0 atom stereocenters. The van der Waals surface area contributed by atoms with Crippen LogP contribution in [0.25, 0.3) is 0 Å². The Morgan fingerprint density at radius 3 is 2.94 bits per heavy atom. The van der Waals surface area contributed by atoms with Gasteiger partial charge in [-0.15, -0.1) is 0 Å². The van der Waals surface area contributed by atoms with E-state index in [4.69, 9.17) is 10.6 Å². The molecule has 4 heteroatoms. The van der Waals surface area contributed by atoms with Crippen LogP contribution in [0, 0.1) is 13.8 Å². The van der Waals surface area contributed by atoms with Crippen LogP contribution in [0.1, 0.15) is 29.7 Å². The molecule has 0 amide bonds. The molecular weight excluding hydrogens is 202 g/mol. The van der Waals surface area contributed by atoms with Crippen LogP contribution in [-0.4, -0.2) is 23.2 Å². The third-order valence-electron chi connectivity index (χ3n) is 3.08. The fraction of sp³-hybridized carbons (Fsp3) is 0.583. The van der Waals surface area contributed by atoms with E-state index in [9.17, 15) is 0 Å². The number of aryl methyl sites for hydroxylation is 1. The average molecular weight is 221 g/mol. The van der Waals surface area contributed by atoms with Crippen molar-refractivity contribution in [3.8, 4) is 0 Å². The SMILES string of the molecule is Cc1cnc(CN2CCCCO2)c(C)c1N. The maximum Gasteiger partial charge on any atom is 0.0685 e. The van der Waals surface area contributed by atoms with Gasteiger partial charge in [0.2, 0.25) is 0 Å². The summed E-state index contributed by atoms with van der Waals surface area (Å²) >= 11 is 0. The molecule has 0 aromatic carbocycles. The topological polar surface area (TPSA) is 51.4 Å². The molecule has 1 aromatic rings. The van der Waals surface area contributed by atoms with Crippen LogP contribution in [-0.2, 0) is 11.4 Å². The first-order valence-electron chi connectivity index (χ1n) is 5.77. The summed E-state index contributed by atoms with van der Waals surface area (Å²) in [5, 5.41) is 1.98. The van der Waals surface area contributed by atoms with Crippen LogP contribution < -0.4 is 5.73 Å². The Kier molecular flexibility index (Phi) is 3.41. The fourth-order valence-corrected chi connectivity index (χ4v) is 1.89. The molecule has 0 unspecified atom stereocenters. The standard InChI is InChI=1S/C12H19N3O/c1-9-7-14-11(10(2)12(9)13)8-15-5-3-4-6-16-15/h7H,3-6,8H2,1-2H3,(H2,13,14). The van der Waals surface area contributed by atoms with Crippen molar-refractivity contribution >= 4 is 5.69 Å². The summed E-state index contributed by atoms with van der Waals surface area (Å²) in [7, 11) is 0. The summed E-state index contributed by atoms with van der Waals surface area (Å²) in [6.45, 7) is 6.54. The lowest BCUT2D eigenvalue weighted by molar-refractivity contribution is -0.187. The molecule has 2 heterocycles. The zero-order valence-corrected chi connectivity index (χ0v) is 9.99. The Morgan fingerprint density at radius 1 is 1.44 bits per heavy atom. The van der Waals surface area contributed by atoms with E-state index in [1.165, 1.54) is 6.42 Å². The van der Waals surface area contributed by atoms with Crippen LogP contribution in [0.4, 0.5) is 5.69 Å². The van der Waals surface area contributed by atoms with Gasteiger partial charge in [0, 0.05) is 18.4 Å². The van der Waals surface area contributed by atoms with E-state index in [1.807, 2.05) is 25.1 Å². The molecule has 4 nitrogen and oxygen atoms in total. The van der Waals surface area contributed by atoms with Crippen LogP contribution >= 0.6 is 0 Å². The van der Waals surface area contributed by atoms with E-state index >= 15 is 0 Å². The molecule has 0 saturated carbocycles. The van der Waals surface area contributed by atoms with Gasteiger partial charge in [-0.25, -0.2) is 0 Å². The van der Waals surface area contributed by atoms with Gasteiger partial charge < -0.3 is 5.73 Å². The first kappa shape index (κ1) is 11.4. The van der Waals surface area contributed by atoms with Crippen molar-refractivity contribution in [1.82, 2.24) is 10.0 Å². The Morgan fingerprint density at radius 2 is 2.25 bits per heavy atom. The molecular formula is C12H19N3O. The highest BCUT2D eigenvalue weighted by atomic mass is 16.7. The first-order chi connectivity index (χ1) is 7.68. The van der Waals surface area contributed by atoms with Crippen LogP contribution in [0.5, 0.6) is 0 Å². The highest BCUT2D eigenvalue weighted by molar-refractivity contribution is 5.53. The number of rotatable bonds is 2. The minimum atomic E-state index is 0.732. The second-order valence-corrected chi connectivity index (χ2v) is 4.33. The van der Waals surface area contributed by atoms with Crippen LogP contribution in [0.3, 0.4) is 0 Å². The third-order valence-corrected chi connectivity index (χ3v) is 3.08. The molecule has 1 aliphatic heterocycles. The third kappa shape index (κ3) is 2.33. The summed E-state index contributed by atoms with van der Waals surface area (Å²) in [5.74, 6) is 0. The van der Waals surface area contributed by atoms with Crippen molar-refractivity contribution in [2.75, 3.05) is 18.9 Å². The Balaban J connectivity index is 2.11. The van der Waals surface area contributed by atoms with E-state index < -0.39 is 0 Å². The minimum absolute atomic E-state index is 0.732. The summed E-state index contributed by atoms with van der Waals surface area (Å²) < 4.78 is 0. The first-order valence-corrected chi connectivity index (χ1v) is 5.77. The summed E-state index contributed by atoms with van der Waals surface area (Å²) in [6.07, 6.45) is 4.18.